The van der Waals surface area contributed by atoms with Crippen molar-refractivity contribution < 1.29 is 5.11 Å². The first-order valence-corrected chi connectivity index (χ1v) is 5.97. The minimum atomic E-state index is -0.466. The highest BCUT2D eigenvalue weighted by molar-refractivity contribution is 6.42. The van der Waals surface area contributed by atoms with Gasteiger partial charge in [-0.25, -0.2) is 0 Å². The topological polar surface area (TPSA) is 46.2 Å². The molecule has 0 aliphatic rings. The molecule has 0 saturated heterocycles. The summed E-state index contributed by atoms with van der Waals surface area (Å²) in [4.78, 5) is 0. The van der Waals surface area contributed by atoms with Crippen LogP contribution in [0.4, 0.5) is 0 Å². The van der Waals surface area contributed by atoms with Gasteiger partial charge in [-0.15, -0.1) is 0 Å². The molecule has 2 atom stereocenters. The van der Waals surface area contributed by atoms with Gasteiger partial charge in [-0.2, -0.15) is 0 Å². The number of benzene rings is 1. The van der Waals surface area contributed by atoms with Crippen molar-refractivity contribution in [1.29, 1.82) is 0 Å². The predicted octanol–water partition coefficient (Wildman–Crippen LogP) is 2.88. The molecule has 1 aromatic rings. The minimum absolute atomic E-state index is 0.336. The van der Waals surface area contributed by atoms with Gasteiger partial charge in [0.1, 0.15) is 0 Å². The summed E-state index contributed by atoms with van der Waals surface area (Å²) in [5.41, 5.74) is 6.40. The standard InChI is InChI=1S/C12H17Cl2NO/c1-8(16)12(2,7-15)6-9-3-4-10(13)11(14)5-9/h3-5,8,16H,6-7,15H2,1-2H3. The Morgan fingerprint density at radius 2 is 2.00 bits per heavy atom. The lowest BCUT2D eigenvalue weighted by molar-refractivity contribution is 0.0589. The summed E-state index contributed by atoms with van der Waals surface area (Å²) in [5.74, 6) is 0. The van der Waals surface area contributed by atoms with E-state index in [1.54, 1.807) is 13.0 Å². The molecular weight excluding hydrogens is 245 g/mol. The van der Waals surface area contributed by atoms with Crippen molar-refractivity contribution >= 4 is 23.2 Å². The molecule has 2 nitrogen and oxygen atoms in total. The molecule has 90 valence electrons. The van der Waals surface area contributed by atoms with E-state index in [9.17, 15) is 5.11 Å². The van der Waals surface area contributed by atoms with E-state index in [1.165, 1.54) is 0 Å². The van der Waals surface area contributed by atoms with E-state index in [2.05, 4.69) is 0 Å². The number of hydrogen-bond donors (Lipinski definition) is 2. The van der Waals surface area contributed by atoms with Crippen LogP contribution in [-0.2, 0) is 6.42 Å². The maximum atomic E-state index is 9.72. The third-order valence-corrected chi connectivity index (χ3v) is 3.81. The van der Waals surface area contributed by atoms with E-state index < -0.39 is 6.10 Å². The van der Waals surface area contributed by atoms with Crippen molar-refractivity contribution in [2.45, 2.75) is 26.4 Å². The Kier molecular flexibility index (Phi) is 4.62. The Morgan fingerprint density at radius 3 is 2.44 bits per heavy atom. The molecule has 1 aromatic carbocycles. The highest BCUT2D eigenvalue weighted by Crippen LogP contribution is 2.29. The second kappa shape index (κ2) is 5.37. The zero-order valence-corrected chi connectivity index (χ0v) is 11.0. The largest absolute Gasteiger partial charge is 0.393 e. The first kappa shape index (κ1) is 13.8. The third kappa shape index (κ3) is 3.11. The number of aliphatic hydroxyl groups is 1. The van der Waals surface area contributed by atoms with Gasteiger partial charge < -0.3 is 10.8 Å². The lowest BCUT2D eigenvalue weighted by atomic mass is 9.79. The molecular formula is C12H17Cl2NO. The van der Waals surface area contributed by atoms with Crippen molar-refractivity contribution in [2.24, 2.45) is 11.1 Å². The average molecular weight is 262 g/mol. The summed E-state index contributed by atoms with van der Waals surface area (Å²) in [6.07, 6.45) is 0.213. The molecule has 0 saturated carbocycles. The predicted molar refractivity (Wildman–Crippen MR) is 69.0 cm³/mol. The Labute approximate surface area is 106 Å². The van der Waals surface area contributed by atoms with E-state index in [-0.39, 0.29) is 5.41 Å². The van der Waals surface area contributed by atoms with Crippen LogP contribution in [0.5, 0.6) is 0 Å². The van der Waals surface area contributed by atoms with Crippen LogP contribution < -0.4 is 5.73 Å². The van der Waals surface area contributed by atoms with E-state index in [1.807, 2.05) is 19.1 Å². The first-order valence-electron chi connectivity index (χ1n) is 5.21. The third-order valence-electron chi connectivity index (χ3n) is 3.07. The van der Waals surface area contributed by atoms with Crippen LogP contribution in [0.2, 0.25) is 10.0 Å². The van der Waals surface area contributed by atoms with E-state index in [0.29, 0.717) is 23.0 Å². The van der Waals surface area contributed by atoms with Crippen molar-refractivity contribution in [3.63, 3.8) is 0 Å². The van der Waals surface area contributed by atoms with Gasteiger partial charge in [-0.05, 0) is 31.0 Å². The van der Waals surface area contributed by atoms with Crippen LogP contribution in [0.1, 0.15) is 19.4 Å². The molecule has 0 radical (unpaired) electrons. The number of aliphatic hydroxyl groups excluding tert-OH is 1. The van der Waals surface area contributed by atoms with Gasteiger partial charge in [-0.1, -0.05) is 36.2 Å². The maximum absolute atomic E-state index is 9.72. The SMILES string of the molecule is CC(O)C(C)(CN)Cc1ccc(Cl)c(Cl)c1. The zero-order valence-electron chi connectivity index (χ0n) is 9.50. The van der Waals surface area contributed by atoms with Crippen LogP contribution >= 0.6 is 23.2 Å². The molecule has 3 N–H and O–H groups in total. The molecule has 0 bridgehead atoms. The number of rotatable bonds is 4. The molecule has 0 fully saturated rings. The number of nitrogens with two attached hydrogens (primary N) is 1. The molecule has 4 heteroatoms. The van der Waals surface area contributed by atoms with Crippen molar-refractivity contribution in [3.8, 4) is 0 Å². The molecule has 0 amide bonds. The molecule has 0 spiro atoms. The Hall–Kier alpha value is -0.280. The summed E-state index contributed by atoms with van der Waals surface area (Å²) < 4.78 is 0. The Morgan fingerprint density at radius 1 is 1.38 bits per heavy atom. The summed E-state index contributed by atoms with van der Waals surface area (Å²) >= 11 is 11.8. The van der Waals surface area contributed by atoms with Gasteiger partial charge in [0.25, 0.3) is 0 Å². The van der Waals surface area contributed by atoms with Gasteiger partial charge in [-0.3, -0.25) is 0 Å². The lowest BCUT2D eigenvalue weighted by Crippen LogP contribution is -2.39. The van der Waals surface area contributed by atoms with Crippen molar-refractivity contribution in [3.05, 3.63) is 33.8 Å². The van der Waals surface area contributed by atoms with Crippen LogP contribution in [0, 0.1) is 5.41 Å². The Bertz CT molecular complexity index is 368. The smallest absolute Gasteiger partial charge is 0.0595 e. The second-order valence-electron chi connectivity index (χ2n) is 4.46. The number of hydrogen-bond acceptors (Lipinski definition) is 2. The highest BCUT2D eigenvalue weighted by Gasteiger charge is 2.28. The van der Waals surface area contributed by atoms with Gasteiger partial charge >= 0.3 is 0 Å². The summed E-state index contributed by atoms with van der Waals surface area (Å²) in [6, 6.07) is 5.49. The number of halogens is 2. The quantitative estimate of drug-likeness (QED) is 0.876. The fraction of sp³-hybridized carbons (Fsp3) is 0.500. The van der Waals surface area contributed by atoms with Crippen molar-refractivity contribution in [2.75, 3.05) is 6.54 Å². The first-order chi connectivity index (χ1) is 7.39. The summed E-state index contributed by atoms with van der Waals surface area (Å²) in [7, 11) is 0. The molecule has 0 aromatic heterocycles. The van der Waals surface area contributed by atoms with Crippen LogP contribution in [0.3, 0.4) is 0 Å². The van der Waals surface area contributed by atoms with E-state index in [4.69, 9.17) is 28.9 Å². The fourth-order valence-electron chi connectivity index (χ4n) is 1.51. The molecule has 2 unspecified atom stereocenters. The van der Waals surface area contributed by atoms with Gasteiger partial charge in [0.05, 0.1) is 16.1 Å². The highest BCUT2D eigenvalue weighted by atomic mass is 35.5. The Balaban J connectivity index is 2.90. The maximum Gasteiger partial charge on any atom is 0.0595 e. The van der Waals surface area contributed by atoms with Crippen LogP contribution in [-0.4, -0.2) is 17.8 Å². The van der Waals surface area contributed by atoms with Gasteiger partial charge in [0.2, 0.25) is 0 Å². The summed E-state index contributed by atoms with van der Waals surface area (Å²) in [6.45, 7) is 4.13. The molecule has 1 rings (SSSR count). The monoisotopic (exact) mass is 261 g/mol. The second-order valence-corrected chi connectivity index (χ2v) is 5.27. The molecule has 16 heavy (non-hydrogen) atoms. The van der Waals surface area contributed by atoms with E-state index in [0.717, 1.165) is 5.56 Å². The molecule has 0 aliphatic heterocycles. The van der Waals surface area contributed by atoms with E-state index >= 15 is 0 Å². The lowest BCUT2D eigenvalue weighted by Gasteiger charge is -2.31. The normalized spacial score (nSPS) is 16.9. The fourth-order valence-corrected chi connectivity index (χ4v) is 1.83. The van der Waals surface area contributed by atoms with Gasteiger partial charge in [0.15, 0.2) is 0 Å². The average Bonchev–Trinajstić information content (AvgIpc) is 2.23. The van der Waals surface area contributed by atoms with Crippen molar-refractivity contribution in [1.82, 2.24) is 0 Å². The molecule has 0 aliphatic carbocycles. The van der Waals surface area contributed by atoms with Crippen LogP contribution in [0.15, 0.2) is 18.2 Å². The minimum Gasteiger partial charge on any atom is -0.393 e. The van der Waals surface area contributed by atoms with Gasteiger partial charge in [0, 0.05) is 12.0 Å². The summed E-state index contributed by atoms with van der Waals surface area (Å²) in [5, 5.41) is 10.8. The van der Waals surface area contributed by atoms with Crippen LogP contribution in [0.25, 0.3) is 0 Å². The molecule has 0 heterocycles. The zero-order chi connectivity index (χ0) is 12.3.